The predicted octanol–water partition coefficient (Wildman–Crippen LogP) is 3.68. The molecule has 2 heterocycles. The summed E-state index contributed by atoms with van der Waals surface area (Å²) in [6, 6.07) is 11.3. The second-order valence-electron chi connectivity index (χ2n) is 4.09. The third-order valence-corrected chi connectivity index (χ3v) is 3.80. The summed E-state index contributed by atoms with van der Waals surface area (Å²) >= 11 is 1.50. The molecular formula is C15H13NS. The minimum atomic E-state index is 0.589. The summed E-state index contributed by atoms with van der Waals surface area (Å²) in [5.41, 5.74) is 3.51. The van der Waals surface area contributed by atoms with Crippen molar-refractivity contribution in [2.75, 3.05) is 0 Å². The zero-order valence-corrected chi connectivity index (χ0v) is 10.4. The van der Waals surface area contributed by atoms with Crippen LogP contribution in [0.4, 0.5) is 0 Å². The summed E-state index contributed by atoms with van der Waals surface area (Å²) in [5.74, 6) is 0. The number of thiophene rings is 1. The lowest BCUT2D eigenvalue weighted by Crippen LogP contribution is -2.18. The average molecular weight is 240 g/mol. The minimum absolute atomic E-state index is 0.589. The SMILES string of the molecule is [2H]c1cc2c(s1)C=C[N+](=C)[C-]2c1ccccc1C. The smallest absolute Gasteiger partial charge is 0.160 e. The van der Waals surface area contributed by atoms with Crippen LogP contribution < -0.4 is 0 Å². The van der Waals surface area contributed by atoms with Crippen molar-refractivity contribution >= 4 is 24.1 Å². The normalized spacial score (nSPS) is 14.8. The van der Waals surface area contributed by atoms with Gasteiger partial charge in [0.15, 0.2) is 6.04 Å². The summed E-state index contributed by atoms with van der Waals surface area (Å²) in [6.45, 7) is 6.16. The number of rotatable bonds is 1. The Morgan fingerprint density at radius 1 is 1.29 bits per heavy atom. The van der Waals surface area contributed by atoms with E-state index in [0.29, 0.717) is 5.36 Å². The summed E-state index contributed by atoms with van der Waals surface area (Å²) in [7, 11) is 0. The van der Waals surface area contributed by atoms with Crippen LogP contribution in [0.3, 0.4) is 0 Å². The van der Waals surface area contributed by atoms with Crippen molar-refractivity contribution in [2.45, 2.75) is 6.92 Å². The summed E-state index contributed by atoms with van der Waals surface area (Å²) < 4.78 is 9.68. The molecule has 1 aliphatic heterocycles. The fraction of sp³-hybridized carbons (Fsp3) is 0.0667. The van der Waals surface area contributed by atoms with E-state index < -0.39 is 0 Å². The van der Waals surface area contributed by atoms with Gasteiger partial charge in [0.25, 0.3) is 0 Å². The van der Waals surface area contributed by atoms with Gasteiger partial charge in [0.2, 0.25) is 0 Å². The average Bonchev–Trinajstić information content (AvgIpc) is 2.71. The fourth-order valence-electron chi connectivity index (χ4n) is 2.11. The molecule has 0 fully saturated rings. The van der Waals surface area contributed by atoms with E-state index in [9.17, 15) is 0 Å². The predicted molar refractivity (Wildman–Crippen MR) is 73.4 cm³/mol. The van der Waals surface area contributed by atoms with Gasteiger partial charge in [-0.1, -0.05) is 42.8 Å². The van der Waals surface area contributed by atoms with Gasteiger partial charge in [-0.3, -0.25) is 0 Å². The molecule has 1 aromatic heterocycles. The zero-order valence-electron chi connectivity index (χ0n) is 10.6. The van der Waals surface area contributed by atoms with Crippen LogP contribution in [0.25, 0.3) is 6.08 Å². The van der Waals surface area contributed by atoms with E-state index in [1.807, 2.05) is 35.1 Å². The second kappa shape index (κ2) is 3.90. The number of aryl methyl sites for hydroxylation is 1. The molecule has 0 bridgehead atoms. The van der Waals surface area contributed by atoms with Crippen LogP contribution >= 0.6 is 11.3 Å². The molecule has 3 rings (SSSR count). The van der Waals surface area contributed by atoms with Crippen LogP contribution in [0, 0.1) is 13.0 Å². The highest BCUT2D eigenvalue weighted by Crippen LogP contribution is 2.35. The monoisotopic (exact) mass is 240 g/mol. The molecule has 0 aliphatic carbocycles. The first-order valence-electron chi connectivity index (χ1n) is 5.98. The van der Waals surface area contributed by atoms with Crippen molar-refractivity contribution in [3.8, 4) is 0 Å². The van der Waals surface area contributed by atoms with Crippen molar-refractivity contribution in [1.82, 2.24) is 0 Å². The first-order chi connectivity index (χ1) is 8.66. The maximum Gasteiger partial charge on any atom is 0.160 e. The summed E-state index contributed by atoms with van der Waals surface area (Å²) in [5, 5.41) is 0.589. The topological polar surface area (TPSA) is 3.01 Å². The van der Waals surface area contributed by atoms with Crippen LogP contribution in [0.15, 0.2) is 41.9 Å². The zero-order chi connectivity index (χ0) is 12.7. The van der Waals surface area contributed by atoms with Gasteiger partial charge in [-0.05, 0) is 27.4 Å². The molecular weight excluding hydrogens is 226 g/mol. The van der Waals surface area contributed by atoms with Gasteiger partial charge in [-0.25, -0.2) is 4.58 Å². The molecule has 84 valence electrons. The first kappa shape index (κ1) is 9.25. The Bertz CT molecular complexity index is 654. The van der Waals surface area contributed by atoms with E-state index in [1.165, 1.54) is 22.5 Å². The third kappa shape index (κ3) is 1.61. The molecule has 0 atom stereocenters. The highest BCUT2D eigenvalue weighted by Gasteiger charge is 2.25. The number of nitrogens with zero attached hydrogens (tertiary/aromatic N) is 1. The lowest BCUT2D eigenvalue weighted by molar-refractivity contribution is -0.418. The van der Waals surface area contributed by atoms with Gasteiger partial charge in [-0.2, -0.15) is 11.3 Å². The van der Waals surface area contributed by atoms with Crippen LogP contribution in [0.2, 0.25) is 0 Å². The lowest BCUT2D eigenvalue weighted by atomic mass is 9.93. The van der Waals surface area contributed by atoms with Gasteiger partial charge >= 0.3 is 0 Å². The number of benzene rings is 1. The molecule has 1 aliphatic rings. The summed E-state index contributed by atoms with van der Waals surface area (Å²) in [6.07, 6.45) is 3.98. The largest absolute Gasteiger partial charge is 0.243 e. The van der Waals surface area contributed by atoms with Crippen molar-refractivity contribution in [1.29, 1.82) is 0 Å². The van der Waals surface area contributed by atoms with Crippen LogP contribution in [-0.2, 0) is 0 Å². The van der Waals surface area contributed by atoms with Gasteiger partial charge in [0.05, 0.1) is 8.09 Å². The Hall–Kier alpha value is -1.80. The third-order valence-electron chi connectivity index (χ3n) is 2.99. The molecule has 1 nitrogen and oxygen atoms in total. The van der Waals surface area contributed by atoms with E-state index in [0.717, 1.165) is 16.5 Å². The van der Waals surface area contributed by atoms with E-state index in [4.69, 9.17) is 1.37 Å². The Kier molecular flexibility index (Phi) is 2.12. The summed E-state index contributed by atoms with van der Waals surface area (Å²) in [4.78, 5) is 1.14. The van der Waals surface area contributed by atoms with Crippen LogP contribution in [0.1, 0.15) is 22.9 Å². The maximum atomic E-state index is 7.80. The van der Waals surface area contributed by atoms with Crippen molar-refractivity contribution in [3.05, 3.63) is 69.5 Å². The van der Waals surface area contributed by atoms with Gasteiger partial charge < -0.3 is 0 Å². The first-order valence-corrected chi connectivity index (χ1v) is 6.30. The lowest BCUT2D eigenvalue weighted by Gasteiger charge is -2.22. The molecule has 0 spiro atoms. The van der Waals surface area contributed by atoms with Crippen LogP contribution in [0.5, 0.6) is 0 Å². The van der Waals surface area contributed by atoms with E-state index in [2.05, 4.69) is 25.8 Å². The van der Waals surface area contributed by atoms with Gasteiger partial charge in [0.1, 0.15) is 6.20 Å². The van der Waals surface area contributed by atoms with Crippen molar-refractivity contribution < 1.29 is 5.95 Å². The molecule has 0 N–H and O–H groups in total. The van der Waals surface area contributed by atoms with Gasteiger partial charge in [-0.15, -0.1) is 0 Å². The Morgan fingerprint density at radius 2 is 2.12 bits per heavy atom. The van der Waals surface area contributed by atoms with Gasteiger partial charge in [0, 0.05) is 0 Å². The van der Waals surface area contributed by atoms with E-state index in [-0.39, 0.29) is 0 Å². The molecule has 2 heteroatoms. The Balaban J connectivity index is 2.19. The highest BCUT2D eigenvalue weighted by molar-refractivity contribution is 7.11. The molecule has 17 heavy (non-hydrogen) atoms. The highest BCUT2D eigenvalue weighted by atomic mass is 32.1. The molecule has 1 aromatic carbocycles. The second-order valence-corrected chi connectivity index (χ2v) is 4.97. The Morgan fingerprint density at radius 3 is 2.94 bits per heavy atom. The molecule has 0 unspecified atom stereocenters. The van der Waals surface area contributed by atoms with Crippen LogP contribution in [-0.4, -0.2) is 11.3 Å². The van der Waals surface area contributed by atoms with E-state index >= 15 is 0 Å². The Labute approximate surface area is 107 Å². The van der Waals surface area contributed by atoms with Crippen molar-refractivity contribution in [2.24, 2.45) is 0 Å². The molecule has 0 saturated carbocycles. The molecule has 2 aromatic rings. The number of fused-ring (bicyclic) bond motifs is 1. The van der Waals surface area contributed by atoms with Crippen molar-refractivity contribution in [3.63, 3.8) is 0 Å². The molecule has 0 amide bonds. The molecule has 0 radical (unpaired) electrons. The quantitative estimate of drug-likeness (QED) is 0.528. The number of hydrogen-bond donors (Lipinski definition) is 0. The maximum absolute atomic E-state index is 7.80. The van der Waals surface area contributed by atoms with E-state index in [1.54, 1.807) is 0 Å². The number of hydrogen-bond acceptors (Lipinski definition) is 1. The minimum Gasteiger partial charge on any atom is -0.243 e. The fourth-order valence-corrected chi connectivity index (χ4v) is 2.81. The molecule has 0 saturated heterocycles. The standard InChI is InChI=1S/C15H13NS/c1-11-5-3-4-6-12(11)15-13-8-10-17-14(13)7-9-16(15)2/h3-10H,2H2,1H3/i10D.